The fourth-order valence-electron chi connectivity index (χ4n) is 7.14. The van der Waals surface area contributed by atoms with Gasteiger partial charge in [-0.05, 0) is 72.5 Å². The quantitative estimate of drug-likeness (QED) is 0.0983. The molecule has 15 nitrogen and oxygen atoms in total. The maximum absolute atomic E-state index is 13.0. The van der Waals surface area contributed by atoms with Crippen molar-refractivity contribution in [2.75, 3.05) is 35.3 Å². The second kappa shape index (κ2) is 15.3. The van der Waals surface area contributed by atoms with Gasteiger partial charge in [-0.2, -0.15) is 0 Å². The second-order valence-electron chi connectivity index (χ2n) is 14.0. The number of rotatable bonds is 12. The molecule has 8 rings (SSSR count). The van der Waals surface area contributed by atoms with Crippen LogP contribution in [0.25, 0.3) is 43.9 Å². The van der Waals surface area contributed by atoms with Crippen molar-refractivity contribution in [3.63, 3.8) is 0 Å². The van der Waals surface area contributed by atoms with Crippen LogP contribution in [0.1, 0.15) is 33.9 Å². The smallest absolute Gasteiger partial charge is 0.250 e. The predicted octanol–water partition coefficient (Wildman–Crippen LogP) is 4.87. The standard InChI is InChI=1S/C42H42N12O3/c1-23-47-37-39(53(23)19-27-7-3-25(17-43)4-8-27)31-15-29(11-13-33(31)51-41(37)45)49-35(55)21-57-22-36(56)50-30-12-14-34-32(16-30)40-38(42(46)52-34)48-24(2)54(40)20-28-9-5-26(18-44)6-10-28/h3-16H,17-22,43-44H2,1-2H3,(H2,45,51)(H2,46,52)(H,49,55)(H,50,56). The number of aromatic nitrogens is 6. The number of amides is 2. The van der Waals surface area contributed by atoms with E-state index in [0.717, 1.165) is 55.7 Å². The van der Waals surface area contributed by atoms with Crippen LogP contribution in [0.15, 0.2) is 84.9 Å². The number of carbonyl (C=O) groups excluding carboxylic acids is 2. The van der Waals surface area contributed by atoms with Crippen LogP contribution < -0.4 is 33.6 Å². The molecule has 4 aromatic heterocycles. The number of nitrogens with one attached hydrogen (secondary N) is 2. The average Bonchev–Trinajstić information content (AvgIpc) is 3.72. The number of aryl methyl sites for hydroxylation is 2. The summed E-state index contributed by atoms with van der Waals surface area (Å²) in [6.07, 6.45) is 0. The van der Waals surface area contributed by atoms with E-state index in [1.165, 1.54) is 0 Å². The molecule has 0 unspecified atom stereocenters. The van der Waals surface area contributed by atoms with Gasteiger partial charge in [-0.1, -0.05) is 48.5 Å². The lowest BCUT2D eigenvalue weighted by Gasteiger charge is -2.12. The van der Waals surface area contributed by atoms with Crippen molar-refractivity contribution in [2.45, 2.75) is 40.0 Å². The number of fused-ring (bicyclic) bond motifs is 6. The van der Waals surface area contributed by atoms with Crippen LogP contribution in [0, 0.1) is 13.8 Å². The number of anilines is 4. The van der Waals surface area contributed by atoms with Crippen LogP contribution >= 0.6 is 0 Å². The second-order valence-corrected chi connectivity index (χ2v) is 14.0. The third-order valence-corrected chi connectivity index (χ3v) is 10.0. The first-order valence-corrected chi connectivity index (χ1v) is 18.4. The van der Waals surface area contributed by atoms with Crippen LogP contribution in [0.4, 0.5) is 23.0 Å². The Morgan fingerprint density at radius 2 is 0.965 bits per heavy atom. The zero-order valence-corrected chi connectivity index (χ0v) is 31.5. The fourth-order valence-corrected chi connectivity index (χ4v) is 7.14. The Hall–Kier alpha value is -6.94. The highest BCUT2D eigenvalue weighted by Crippen LogP contribution is 2.33. The summed E-state index contributed by atoms with van der Waals surface area (Å²) in [6.45, 7) is 5.21. The number of hydrogen-bond acceptors (Lipinski definition) is 11. The topological polar surface area (TPSA) is 233 Å². The Balaban J connectivity index is 0.947. The normalized spacial score (nSPS) is 11.6. The Morgan fingerprint density at radius 1 is 0.579 bits per heavy atom. The van der Waals surface area contributed by atoms with Gasteiger partial charge in [-0.15, -0.1) is 0 Å². The molecule has 8 aromatic rings. The van der Waals surface area contributed by atoms with Gasteiger partial charge in [0.05, 0.1) is 22.1 Å². The predicted molar refractivity (Wildman–Crippen MR) is 223 cm³/mol. The van der Waals surface area contributed by atoms with E-state index >= 15 is 0 Å². The van der Waals surface area contributed by atoms with Crippen molar-refractivity contribution in [2.24, 2.45) is 11.5 Å². The van der Waals surface area contributed by atoms with E-state index in [2.05, 4.69) is 29.7 Å². The van der Waals surface area contributed by atoms with E-state index in [1.807, 2.05) is 74.5 Å². The number of imidazole rings is 2. The number of nitrogens with two attached hydrogens (primary N) is 4. The summed E-state index contributed by atoms with van der Waals surface area (Å²) in [5.74, 6) is 1.35. The number of carbonyl (C=O) groups is 2. The largest absolute Gasteiger partial charge is 0.382 e. The lowest BCUT2D eigenvalue weighted by Crippen LogP contribution is -2.24. The van der Waals surface area contributed by atoms with Crippen molar-refractivity contribution in [3.05, 3.63) is 119 Å². The van der Waals surface area contributed by atoms with Crippen LogP contribution in [0.3, 0.4) is 0 Å². The van der Waals surface area contributed by atoms with Crippen molar-refractivity contribution in [3.8, 4) is 0 Å². The molecule has 0 saturated heterocycles. The van der Waals surface area contributed by atoms with Gasteiger partial charge in [0.2, 0.25) is 11.8 Å². The Morgan fingerprint density at radius 3 is 1.35 bits per heavy atom. The Kier molecular flexibility index (Phi) is 9.93. The monoisotopic (exact) mass is 762 g/mol. The lowest BCUT2D eigenvalue weighted by molar-refractivity contribution is -0.125. The van der Waals surface area contributed by atoms with E-state index in [4.69, 9.17) is 37.6 Å². The van der Waals surface area contributed by atoms with Crippen molar-refractivity contribution < 1.29 is 14.3 Å². The molecule has 4 aromatic carbocycles. The summed E-state index contributed by atoms with van der Waals surface area (Å²) >= 11 is 0. The molecule has 0 radical (unpaired) electrons. The van der Waals surface area contributed by atoms with Crippen LogP contribution in [0.5, 0.6) is 0 Å². The van der Waals surface area contributed by atoms with Gasteiger partial charge in [0.15, 0.2) is 11.6 Å². The minimum atomic E-state index is -0.426. The van der Waals surface area contributed by atoms with Crippen molar-refractivity contribution >= 4 is 78.7 Å². The molecule has 57 heavy (non-hydrogen) atoms. The average molecular weight is 763 g/mol. The molecule has 15 heteroatoms. The van der Waals surface area contributed by atoms with Gasteiger partial charge in [-0.3, -0.25) is 9.59 Å². The molecule has 0 saturated carbocycles. The van der Waals surface area contributed by atoms with E-state index < -0.39 is 11.8 Å². The maximum Gasteiger partial charge on any atom is 0.250 e. The Bertz CT molecular complexity index is 2630. The summed E-state index contributed by atoms with van der Waals surface area (Å²) in [7, 11) is 0. The number of pyridine rings is 2. The first kappa shape index (κ1) is 37.0. The summed E-state index contributed by atoms with van der Waals surface area (Å²) in [5.41, 5.74) is 33.7. The summed E-state index contributed by atoms with van der Waals surface area (Å²) < 4.78 is 9.71. The molecule has 0 atom stereocenters. The number of hydrogen-bond donors (Lipinski definition) is 6. The van der Waals surface area contributed by atoms with E-state index in [-0.39, 0.29) is 13.2 Å². The van der Waals surface area contributed by atoms with Crippen molar-refractivity contribution in [1.29, 1.82) is 0 Å². The van der Waals surface area contributed by atoms with E-state index in [9.17, 15) is 9.59 Å². The highest BCUT2D eigenvalue weighted by Gasteiger charge is 2.19. The molecule has 0 aliphatic rings. The third-order valence-electron chi connectivity index (χ3n) is 10.0. The number of nitrogens with zero attached hydrogens (tertiary/aromatic N) is 6. The molecule has 288 valence electrons. The molecule has 10 N–H and O–H groups in total. The van der Waals surface area contributed by atoms with Gasteiger partial charge < -0.3 is 47.4 Å². The molecular formula is C42H42N12O3. The van der Waals surface area contributed by atoms with Gasteiger partial charge >= 0.3 is 0 Å². The van der Waals surface area contributed by atoms with Crippen LogP contribution in [0.2, 0.25) is 0 Å². The highest BCUT2D eigenvalue weighted by molar-refractivity contribution is 6.09. The van der Waals surface area contributed by atoms with E-state index in [0.29, 0.717) is 71.3 Å². The third kappa shape index (κ3) is 7.41. The fraction of sp³-hybridized carbons (Fsp3) is 0.190. The molecule has 2 amide bonds. The van der Waals surface area contributed by atoms with E-state index in [1.54, 1.807) is 24.3 Å². The maximum atomic E-state index is 13.0. The molecule has 0 fully saturated rings. The molecular weight excluding hydrogens is 721 g/mol. The molecule has 0 bridgehead atoms. The first-order chi connectivity index (χ1) is 27.6. The van der Waals surface area contributed by atoms with Gasteiger partial charge in [0.1, 0.15) is 35.9 Å². The van der Waals surface area contributed by atoms with Crippen LogP contribution in [-0.4, -0.2) is 54.1 Å². The number of ether oxygens (including phenoxy) is 1. The van der Waals surface area contributed by atoms with Crippen LogP contribution in [-0.2, 0) is 40.5 Å². The van der Waals surface area contributed by atoms with Gasteiger partial charge in [0, 0.05) is 48.3 Å². The van der Waals surface area contributed by atoms with Gasteiger partial charge in [0.25, 0.3) is 0 Å². The minimum absolute atomic E-state index is 0.325. The summed E-state index contributed by atoms with van der Waals surface area (Å²) in [6, 6.07) is 27.0. The molecule has 0 aliphatic heterocycles. The molecule has 4 heterocycles. The minimum Gasteiger partial charge on any atom is -0.382 e. The molecule has 0 spiro atoms. The number of nitrogen functional groups attached to an aromatic ring is 2. The zero-order chi connectivity index (χ0) is 39.8. The number of benzene rings is 4. The zero-order valence-electron chi connectivity index (χ0n) is 31.5. The molecule has 0 aliphatic carbocycles. The van der Waals surface area contributed by atoms with Gasteiger partial charge in [-0.25, -0.2) is 19.9 Å². The summed E-state index contributed by atoms with van der Waals surface area (Å²) in [5, 5.41) is 7.30. The lowest BCUT2D eigenvalue weighted by atomic mass is 10.1. The summed E-state index contributed by atoms with van der Waals surface area (Å²) in [4.78, 5) is 44.6. The first-order valence-electron chi connectivity index (χ1n) is 18.4. The van der Waals surface area contributed by atoms with Crippen molar-refractivity contribution in [1.82, 2.24) is 29.1 Å². The Labute approximate surface area is 327 Å². The highest BCUT2D eigenvalue weighted by atomic mass is 16.5. The SMILES string of the molecule is Cc1nc2c(N)nc3ccc(NC(=O)COCC(=O)Nc4ccc5nc(N)c6nc(C)n(Cc7ccc(CN)cc7)c6c5c4)cc3c2n1Cc1ccc(CN)cc1.